The van der Waals surface area contributed by atoms with Crippen LogP contribution in [0.2, 0.25) is 5.02 Å². The Hall–Kier alpha value is -1.62. The smallest absolute Gasteiger partial charge is 0.255 e. The highest BCUT2D eigenvalue weighted by atomic mass is 35.5. The molecule has 0 aliphatic carbocycles. The quantitative estimate of drug-likeness (QED) is 0.916. The molecular formula is C16H17Cl2N3O. The van der Waals surface area contributed by atoms with Gasteiger partial charge in [0.2, 0.25) is 0 Å². The minimum absolute atomic E-state index is 0. The average Bonchev–Trinajstić information content (AvgIpc) is 2.56. The summed E-state index contributed by atoms with van der Waals surface area (Å²) in [7, 11) is 0. The molecule has 1 fully saturated rings. The Morgan fingerprint density at radius 3 is 2.45 bits per heavy atom. The highest BCUT2D eigenvalue weighted by Gasteiger charge is 2.18. The van der Waals surface area contributed by atoms with Crippen LogP contribution in [-0.2, 0) is 0 Å². The van der Waals surface area contributed by atoms with E-state index in [1.54, 1.807) is 12.4 Å². The minimum atomic E-state index is 0. The Kier molecular flexibility index (Phi) is 5.77. The van der Waals surface area contributed by atoms with Crippen LogP contribution in [0.1, 0.15) is 10.4 Å². The number of piperazine rings is 1. The van der Waals surface area contributed by atoms with Crippen molar-refractivity contribution in [2.24, 2.45) is 0 Å². The summed E-state index contributed by atoms with van der Waals surface area (Å²) in [6.07, 6.45) is 3.39. The van der Waals surface area contributed by atoms with Gasteiger partial charge in [0, 0.05) is 49.2 Å². The van der Waals surface area contributed by atoms with E-state index in [1.165, 1.54) is 0 Å². The van der Waals surface area contributed by atoms with Gasteiger partial charge in [0.15, 0.2) is 0 Å². The summed E-state index contributed by atoms with van der Waals surface area (Å²) in [5.74, 6) is 0.0415. The first-order chi connectivity index (χ1) is 10.2. The van der Waals surface area contributed by atoms with Crippen molar-refractivity contribution in [2.75, 3.05) is 26.2 Å². The van der Waals surface area contributed by atoms with Crippen LogP contribution in [-0.4, -0.2) is 42.0 Å². The Balaban J connectivity index is 0.00000176. The summed E-state index contributed by atoms with van der Waals surface area (Å²) >= 11 is 5.90. The van der Waals surface area contributed by atoms with Crippen molar-refractivity contribution >= 4 is 29.9 Å². The van der Waals surface area contributed by atoms with Gasteiger partial charge in [-0.05, 0) is 23.8 Å². The van der Waals surface area contributed by atoms with Crippen LogP contribution in [0.25, 0.3) is 11.1 Å². The van der Waals surface area contributed by atoms with Gasteiger partial charge in [0.25, 0.3) is 5.91 Å². The minimum Gasteiger partial charge on any atom is -0.336 e. The number of carbonyl (C=O) groups excluding carboxylic acids is 1. The third-order valence-electron chi connectivity index (χ3n) is 3.57. The standard InChI is InChI=1S/C16H16ClN3O.ClH/c17-15-3-1-12(2-4-15)13-9-14(11-19-10-13)16(21)20-7-5-18-6-8-20;/h1-4,9-11,18H,5-8H2;1H. The maximum absolute atomic E-state index is 12.5. The molecule has 0 spiro atoms. The van der Waals surface area contributed by atoms with E-state index in [2.05, 4.69) is 10.3 Å². The molecule has 6 heteroatoms. The van der Waals surface area contributed by atoms with Gasteiger partial charge in [-0.1, -0.05) is 23.7 Å². The predicted molar refractivity (Wildman–Crippen MR) is 90.7 cm³/mol. The van der Waals surface area contributed by atoms with Crippen LogP contribution >= 0.6 is 24.0 Å². The first-order valence-corrected chi connectivity index (χ1v) is 7.33. The Labute approximate surface area is 140 Å². The van der Waals surface area contributed by atoms with Crippen molar-refractivity contribution in [3.05, 3.63) is 53.3 Å². The third kappa shape index (κ3) is 3.77. The maximum Gasteiger partial charge on any atom is 0.255 e. The molecule has 116 valence electrons. The zero-order chi connectivity index (χ0) is 14.7. The number of nitrogens with zero attached hydrogens (tertiary/aromatic N) is 2. The molecular weight excluding hydrogens is 321 g/mol. The summed E-state index contributed by atoms with van der Waals surface area (Å²) in [4.78, 5) is 18.5. The number of rotatable bonds is 2. The Bertz CT molecular complexity index is 640. The average molecular weight is 338 g/mol. The van der Waals surface area contributed by atoms with E-state index in [1.807, 2.05) is 35.2 Å². The lowest BCUT2D eigenvalue weighted by atomic mass is 10.1. The fraction of sp³-hybridized carbons (Fsp3) is 0.250. The van der Waals surface area contributed by atoms with Crippen molar-refractivity contribution in [1.82, 2.24) is 15.2 Å². The summed E-state index contributed by atoms with van der Waals surface area (Å²) in [6.45, 7) is 3.17. The highest BCUT2D eigenvalue weighted by molar-refractivity contribution is 6.30. The second-order valence-corrected chi connectivity index (χ2v) is 5.45. The molecule has 22 heavy (non-hydrogen) atoms. The van der Waals surface area contributed by atoms with Gasteiger partial charge in [0.05, 0.1) is 5.56 Å². The van der Waals surface area contributed by atoms with Gasteiger partial charge in [-0.3, -0.25) is 9.78 Å². The molecule has 0 saturated carbocycles. The first kappa shape index (κ1) is 16.7. The molecule has 2 heterocycles. The largest absolute Gasteiger partial charge is 0.336 e. The van der Waals surface area contributed by atoms with Gasteiger partial charge < -0.3 is 10.2 Å². The fourth-order valence-corrected chi connectivity index (χ4v) is 2.53. The molecule has 1 amide bonds. The summed E-state index contributed by atoms with van der Waals surface area (Å²) in [5, 5.41) is 3.94. The van der Waals surface area contributed by atoms with E-state index in [9.17, 15) is 4.79 Å². The monoisotopic (exact) mass is 337 g/mol. The van der Waals surface area contributed by atoms with Crippen molar-refractivity contribution in [1.29, 1.82) is 0 Å². The number of aromatic nitrogens is 1. The van der Waals surface area contributed by atoms with Crippen LogP contribution in [0.4, 0.5) is 0 Å². The van der Waals surface area contributed by atoms with E-state index in [4.69, 9.17) is 11.6 Å². The molecule has 0 radical (unpaired) electrons. The number of benzene rings is 1. The molecule has 2 aromatic rings. The summed E-state index contributed by atoms with van der Waals surface area (Å²) in [5.41, 5.74) is 2.55. The van der Waals surface area contributed by atoms with Crippen LogP contribution in [0.15, 0.2) is 42.7 Å². The van der Waals surface area contributed by atoms with Gasteiger partial charge in [-0.15, -0.1) is 12.4 Å². The van der Waals surface area contributed by atoms with Crippen molar-refractivity contribution in [3.8, 4) is 11.1 Å². The number of amides is 1. The molecule has 4 nitrogen and oxygen atoms in total. The Morgan fingerprint density at radius 2 is 1.77 bits per heavy atom. The topological polar surface area (TPSA) is 45.2 Å². The van der Waals surface area contributed by atoms with Crippen LogP contribution < -0.4 is 5.32 Å². The van der Waals surface area contributed by atoms with Gasteiger partial charge in [-0.25, -0.2) is 0 Å². The number of halogens is 2. The number of hydrogen-bond acceptors (Lipinski definition) is 3. The third-order valence-corrected chi connectivity index (χ3v) is 3.82. The summed E-state index contributed by atoms with van der Waals surface area (Å²) in [6, 6.07) is 9.42. The number of pyridine rings is 1. The lowest BCUT2D eigenvalue weighted by Crippen LogP contribution is -2.46. The second-order valence-electron chi connectivity index (χ2n) is 5.01. The molecule has 0 bridgehead atoms. The fourth-order valence-electron chi connectivity index (χ4n) is 2.41. The van der Waals surface area contributed by atoms with Crippen LogP contribution in [0, 0.1) is 0 Å². The molecule has 1 N–H and O–H groups in total. The molecule has 1 saturated heterocycles. The molecule has 1 aromatic heterocycles. The van der Waals surface area contributed by atoms with E-state index in [0.717, 1.165) is 37.3 Å². The molecule has 0 atom stereocenters. The van der Waals surface area contributed by atoms with Crippen molar-refractivity contribution < 1.29 is 4.79 Å². The van der Waals surface area contributed by atoms with E-state index in [-0.39, 0.29) is 18.3 Å². The lowest BCUT2D eigenvalue weighted by molar-refractivity contribution is 0.0735. The normalized spacial score (nSPS) is 14.3. The van der Waals surface area contributed by atoms with E-state index < -0.39 is 0 Å². The molecule has 0 unspecified atom stereocenters. The van der Waals surface area contributed by atoms with Gasteiger partial charge in [0.1, 0.15) is 0 Å². The van der Waals surface area contributed by atoms with Crippen LogP contribution in [0.5, 0.6) is 0 Å². The first-order valence-electron chi connectivity index (χ1n) is 6.95. The number of nitrogens with one attached hydrogen (secondary N) is 1. The molecule has 1 aromatic carbocycles. The van der Waals surface area contributed by atoms with Gasteiger partial charge >= 0.3 is 0 Å². The second kappa shape index (κ2) is 7.58. The summed E-state index contributed by atoms with van der Waals surface area (Å²) < 4.78 is 0. The zero-order valence-electron chi connectivity index (χ0n) is 12.0. The SMILES string of the molecule is Cl.O=C(c1cncc(-c2ccc(Cl)cc2)c1)N1CCNCC1. The van der Waals surface area contributed by atoms with Crippen molar-refractivity contribution in [2.45, 2.75) is 0 Å². The number of carbonyl (C=O) groups is 1. The number of hydrogen-bond donors (Lipinski definition) is 1. The maximum atomic E-state index is 12.5. The highest BCUT2D eigenvalue weighted by Crippen LogP contribution is 2.22. The van der Waals surface area contributed by atoms with E-state index in [0.29, 0.717) is 10.6 Å². The lowest BCUT2D eigenvalue weighted by Gasteiger charge is -2.27. The van der Waals surface area contributed by atoms with Crippen molar-refractivity contribution in [3.63, 3.8) is 0 Å². The Morgan fingerprint density at radius 1 is 1.09 bits per heavy atom. The van der Waals surface area contributed by atoms with Gasteiger partial charge in [-0.2, -0.15) is 0 Å². The predicted octanol–water partition coefficient (Wildman–Crippen LogP) is 2.87. The molecule has 1 aliphatic rings. The molecule has 3 rings (SSSR count). The van der Waals surface area contributed by atoms with E-state index >= 15 is 0 Å². The van der Waals surface area contributed by atoms with Crippen LogP contribution in [0.3, 0.4) is 0 Å². The zero-order valence-corrected chi connectivity index (χ0v) is 13.5. The molecule has 1 aliphatic heterocycles.